The van der Waals surface area contributed by atoms with Gasteiger partial charge in [-0.3, -0.25) is 0 Å². The molecule has 0 heterocycles. The molecule has 6 nitrogen and oxygen atoms in total. The Kier molecular flexibility index (Phi) is 9.94. The van der Waals surface area contributed by atoms with E-state index in [1.807, 2.05) is 37.4 Å². The monoisotopic (exact) mass is 416 g/mol. The SMILES string of the molecule is COc1ccc(CCNCc2ccc(OC)c(OC[C@@H](O)CN(C)C(C)C)c2)cc1. The van der Waals surface area contributed by atoms with E-state index in [2.05, 4.69) is 36.2 Å². The van der Waals surface area contributed by atoms with Crippen LogP contribution in [-0.4, -0.2) is 63.1 Å². The Morgan fingerprint density at radius 1 is 0.967 bits per heavy atom. The molecule has 2 rings (SSSR count). The molecule has 0 aromatic heterocycles. The Hall–Kier alpha value is -2.28. The van der Waals surface area contributed by atoms with Crippen LogP contribution in [0, 0.1) is 0 Å². The lowest BCUT2D eigenvalue weighted by atomic mass is 10.1. The molecule has 0 radical (unpaired) electrons. The Morgan fingerprint density at radius 2 is 1.67 bits per heavy atom. The van der Waals surface area contributed by atoms with Crippen LogP contribution in [0.4, 0.5) is 0 Å². The van der Waals surface area contributed by atoms with E-state index in [9.17, 15) is 5.11 Å². The molecule has 2 aromatic carbocycles. The molecule has 0 saturated carbocycles. The van der Waals surface area contributed by atoms with Gasteiger partial charge in [-0.15, -0.1) is 0 Å². The molecule has 0 unspecified atom stereocenters. The van der Waals surface area contributed by atoms with Crippen LogP contribution in [0.5, 0.6) is 17.2 Å². The first-order chi connectivity index (χ1) is 14.4. The molecule has 0 amide bonds. The van der Waals surface area contributed by atoms with Crippen molar-refractivity contribution in [1.29, 1.82) is 0 Å². The topological polar surface area (TPSA) is 63.2 Å². The van der Waals surface area contributed by atoms with Crippen molar-refractivity contribution >= 4 is 0 Å². The van der Waals surface area contributed by atoms with Gasteiger partial charge >= 0.3 is 0 Å². The van der Waals surface area contributed by atoms with E-state index in [1.165, 1.54) is 5.56 Å². The second-order valence-corrected chi connectivity index (χ2v) is 7.76. The van der Waals surface area contributed by atoms with Gasteiger partial charge in [0.05, 0.1) is 14.2 Å². The van der Waals surface area contributed by atoms with Gasteiger partial charge in [0.2, 0.25) is 0 Å². The van der Waals surface area contributed by atoms with Gasteiger partial charge in [0.15, 0.2) is 11.5 Å². The highest BCUT2D eigenvalue weighted by Gasteiger charge is 2.13. The van der Waals surface area contributed by atoms with Crippen molar-refractivity contribution in [3.8, 4) is 17.2 Å². The summed E-state index contributed by atoms with van der Waals surface area (Å²) in [6.07, 6.45) is 0.382. The third kappa shape index (κ3) is 7.86. The minimum absolute atomic E-state index is 0.224. The van der Waals surface area contributed by atoms with Crippen molar-refractivity contribution in [2.45, 2.75) is 39.0 Å². The summed E-state index contributed by atoms with van der Waals surface area (Å²) in [6, 6.07) is 14.4. The van der Waals surface area contributed by atoms with Crippen LogP contribution in [0.15, 0.2) is 42.5 Å². The molecule has 0 aliphatic carbocycles. The molecular formula is C24H36N2O4. The Morgan fingerprint density at radius 3 is 2.30 bits per heavy atom. The second kappa shape index (κ2) is 12.4. The molecule has 6 heteroatoms. The molecule has 0 aliphatic heterocycles. The number of hydrogen-bond acceptors (Lipinski definition) is 6. The maximum Gasteiger partial charge on any atom is 0.161 e. The molecule has 2 aromatic rings. The Bertz CT molecular complexity index is 749. The number of ether oxygens (including phenoxy) is 3. The highest BCUT2D eigenvalue weighted by Crippen LogP contribution is 2.28. The van der Waals surface area contributed by atoms with Crippen molar-refractivity contribution in [3.05, 3.63) is 53.6 Å². The fourth-order valence-corrected chi connectivity index (χ4v) is 2.98. The maximum absolute atomic E-state index is 10.2. The second-order valence-electron chi connectivity index (χ2n) is 7.76. The van der Waals surface area contributed by atoms with Crippen molar-refractivity contribution in [2.75, 3.05) is 41.0 Å². The number of hydrogen-bond donors (Lipinski definition) is 2. The summed E-state index contributed by atoms with van der Waals surface area (Å²) in [5, 5.41) is 13.7. The number of nitrogens with one attached hydrogen (secondary N) is 1. The van der Waals surface area contributed by atoms with Crippen LogP contribution >= 0.6 is 0 Å². The number of nitrogens with zero attached hydrogens (tertiary/aromatic N) is 1. The molecule has 0 spiro atoms. The minimum Gasteiger partial charge on any atom is -0.497 e. The van der Waals surface area contributed by atoms with Crippen LogP contribution < -0.4 is 19.5 Å². The molecule has 0 fully saturated rings. The lowest BCUT2D eigenvalue weighted by molar-refractivity contribution is 0.0668. The van der Waals surface area contributed by atoms with Gasteiger partial charge in [-0.05, 0) is 69.3 Å². The number of rotatable bonds is 13. The predicted molar refractivity (Wildman–Crippen MR) is 121 cm³/mol. The summed E-state index contributed by atoms with van der Waals surface area (Å²) in [6.45, 7) is 6.59. The third-order valence-corrected chi connectivity index (χ3v) is 5.12. The van der Waals surface area contributed by atoms with Crippen LogP contribution in [-0.2, 0) is 13.0 Å². The predicted octanol–water partition coefficient (Wildman–Crippen LogP) is 3.12. The smallest absolute Gasteiger partial charge is 0.161 e. The number of likely N-dealkylation sites (N-methyl/N-ethyl adjacent to an activating group) is 1. The zero-order valence-electron chi connectivity index (χ0n) is 18.9. The van der Waals surface area contributed by atoms with Crippen LogP contribution in [0.1, 0.15) is 25.0 Å². The van der Waals surface area contributed by atoms with Gasteiger partial charge in [-0.1, -0.05) is 18.2 Å². The van der Waals surface area contributed by atoms with E-state index in [-0.39, 0.29) is 6.61 Å². The fraction of sp³-hybridized carbons (Fsp3) is 0.500. The first-order valence-corrected chi connectivity index (χ1v) is 10.4. The summed E-state index contributed by atoms with van der Waals surface area (Å²) in [7, 11) is 5.29. The van der Waals surface area contributed by atoms with Crippen molar-refractivity contribution in [1.82, 2.24) is 10.2 Å². The Balaban J connectivity index is 1.83. The van der Waals surface area contributed by atoms with Gasteiger partial charge in [0.25, 0.3) is 0 Å². The number of benzene rings is 2. The molecule has 0 saturated heterocycles. The number of aliphatic hydroxyl groups excluding tert-OH is 1. The lowest BCUT2D eigenvalue weighted by Gasteiger charge is -2.24. The molecule has 0 aliphatic rings. The van der Waals surface area contributed by atoms with Crippen LogP contribution in [0.25, 0.3) is 0 Å². The average Bonchev–Trinajstić information content (AvgIpc) is 2.75. The van der Waals surface area contributed by atoms with Gasteiger partial charge < -0.3 is 29.5 Å². The van der Waals surface area contributed by atoms with E-state index >= 15 is 0 Å². The molecular weight excluding hydrogens is 380 g/mol. The number of aliphatic hydroxyl groups is 1. The van der Waals surface area contributed by atoms with Crippen molar-refractivity contribution < 1.29 is 19.3 Å². The summed E-state index contributed by atoms with van der Waals surface area (Å²) in [5.74, 6) is 2.19. The molecule has 30 heavy (non-hydrogen) atoms. The Labute approximate surface area is 180 Å². The van der Waals surface area contributed by atoms with Crippen LogP contribution in [0.2, 0.25) is 0 Å². The third-order valence-electron chi connectivity index (χ3n) is 5.12. The minimum atomic E-state index is -0.562. The van der Waals surface area contributed by atoms with E-state index in [0.29, 0.717) is 24.1 Å². The number of methoxy groups -OCH3 is 2. The molecule has 166 valence electrons. The maximum atomic E-state index is 10.2. The van der Waals surface area contributed by atoms with Gasteiger partial charge in [0, 0.05) is 19.1 Å². The van der Waals surface area contributed by atoms with Gasteiger partial charge in [0.1, 0.15) is 18.5 Å². The van der Waals surface area contributed by atoms with Crippen LogP contribution in [0.3, 0.4) is 0 Å². The summed E-state index contributed by atoms with van der Waals surface area (Å²) in [5.41, 5.74) is 2.37. The standard InChI is InChI=1S/C24H36N2O4/c1-18(2)26(3)16-21(27)17-30-24-14-20(8-11-23(24)29-5)15-25-13-12-19-6-9-22(28-4)10-7-19/h6-11,14,18,21,25,27H,12-13,15-17H2,1-5H3/t21-/m0/s1. The normalized spacial score (nSPS) is 12.3. The van der Waals surface area contributed by atoms with Crippen molar-refractivity contribution in [2.24, 2.45) is 0 Å². The first-order valence-electron chi connectivity index (χ1n) is 10.4. The zero-order chi connectivity index (χ0) is 21.9. The van der Waals surface area contributed by atoms with E-state index in [1.54, 1.807) is 14.2 Å². The largest absolute Gasteiger partial charge is 0.497 e. The quantitative estimate of drug-likeness (QED) is 0.489. The fourth-order valence-electron chi connectivity index (χ4n) is 2.98. The summed E-state index contributed by atoms with van der Waals surface area (Å²) >= 11 is 0. The summed E-state index contributed by atoms with van der Waals surface area (Å²) in [4.78, 5) is 2.09. The van der Waals surface area contributed by atoms with Gasteiger partial charge in [-0.2, -0.15) is 0 Å². The van der Waals surface area contributed by atoms with E-state index in [0.717, 1.165) is 30.8 Å². The average molecular weight is 417 g/mol. The molecule has 0 bridgehead atoms. The van der Waals surface area contributed by atoms with E-state index in [4.69, 9.17) is 14.2 Å². The molecule has 2 N–H and O–H groups in total. The van der Waals surface area contributed by atoms with E-state index < -0.39 is 6.10 Å². The highest BCUT2D eigenvalue weighted by atomic mass is 16.5. The lowest BCUT2D eigenvalue weighted by Crippen LogP contribution is -2.37. The first kappa shape index (κ1) is 24.0. The summed E-state index contributed by atoms with van der Waals surface area (Å²) < 4.78 is 16.5. The zero-order valence-corrected chi connectivity index (χ0v) is 18.9. The highest BCUT2D eigenvalue weighted by molar-refractivity contribution is 5.43. The van der Waals surface area contributed by atoms with Crippen molar-refractivity contribution in [3.63, 3.8) is 0 Å². The molecule has 1 atom stereocenters. The van der Waals surface area contributed by atoms with Gasteiger partial charge in [-0.25, -0.2) is 0 Å².